The lowest BCUT2D eigenvalue weighted by Gasteiger charge is -2.11. The van der Waals surface area contributed by atoms with Crippen molar-refractivity contribution in [1.29, 1.82) is 0 Å². The molecule has 0 aliphatic rings. The molecule has 4 aromatic rings. The van der Waals surface area contributed by atoms with Crippen LogP contribution in [-0.4, -0.2) is 22.6 Å². The molecule has 0 aliphatic heterocycles. The third-order valence-corrected chi connectivity index (χ3v) is 6.36. The first-order chi connectivity index (χ1) is 16.8. The first-order valence-corrected chi connectivity index (χ1v) is 12.1. The SMILES string of the molecule is CC[C@@H](C)c1ccc2oc(-c3ccc(NC(=S)NC(=O)COc4ccc(Cl)c(C)c4)cc3)nc2c1. The molecule has 0 radical (unpaired) electrons. The quantitative estimate of drug-likeness (QED) is 0.266. The normalized spacial score (nSPS) is 11.8. The number of rotatable bonds is 7. The first-order valence-electron chi connectivity index (χ1n) is 11.3. The number of hydrogen-bond donors (Lipinski definition) is 2. The van der Waals surface area contributed by atoms with E-state index < -0.39 is 0 Å². The predicted octanol–water partition coefficient (Wildman–Crippen LogP) is 6.86. The largest absolute Gasteiger partial charge is 0.484 e. The molecule has 35 heavy (non-hydrogen) atoms. The molecule has 180 valence electrons. The van der Waals surface area contributed by atoms with Crippen LogP contribution in [0.3, 0.4) is 0 Å². The van der Waals surface area contributed by atoms with Gasteiger partial charge in [-0.15, -0.1) is 0 Å². The number of fused-ring (bicyclic) bond motifs is 1. The Morgan fingerprint density at radius 1 is 1.14 bits per heavy atom. The van der Waals surface area contributed by atoms with Gasteiger partial charge in [0.05, 0.1) is 0 Å². The van der Waals surface area contributed by atoms with Crippen LogP contribution in [0.4, 0.5) is 5.69 Å². The van der Waals surface area contributed by atoms with Gasteiger partial charge in [-0.2, -0.15) is 0 Å². The van der Waals surface area contributed by atoms with E-state index in [0.717, 1.165) is 34.3 Å². The number of aryl methyl sites for hydroxylation is 1. The predicted molar refractivity (Wildman–Crippen MR) is 144 cm³/mol. The molecule has 1 atom stereocenters. The van der Waals surface area contributed by atoms with Crippen molar-refractivity contribution in [1.82, 2.24) is 10.3 Å². The van der Waals surface area contributed by atoms with Crippen LogP contribution in [0.5, 0.6) is 5.75 Å². The molecule has 0 saturated carbocycles. The molecule has 0 aliphatic carbocycles. The lowest BCUT2D eigenvalue weighted by atomic mass is 9.98. The highest BCUT2D eigenvalue weighted by Crippen LogP contribution is 2.28. The van der Waals surface area contributed by atoms with Crippen molar-refractivity contribution in [2.75, 3.05) is 11.9 Å². The fraction of sp³-hybridized carbons (Fsp3) is 0.222. The van der Waals surface area contributed by atoms with Gasteiger partial charge in [-0.3, -0.25) is 10.1 Å². The number of oxazole rings is 1. The number of nitrogens with zero attached hydrogens (tertiary/aromatic N) is 1. The number of anilines is 1. The van der Waals surface area contributed by atoms with E-state index in [2.05, 4.69) is 41.6 Å². The van der Waals surface area contributed by atoms with E-state index in [4.69, 9.17) is 33.0 Å². The molecule has 3 aromatic carbocycles. The molecule has 8 heteroatoms. The number of thiocarbonyl (C=S) groups is 1. The number of ether oxygens (including phenoxy) is 1. The molecule has 6 nitrogen and oxygen atoms in total. The van der Waals surface area contributed by atoms with E-state index >= 15 is 0 Å². The van der Waals surface area contributed by atoms with E-state index in [1.165, 1.54) is 5.56 Å². The maximum atomic E-state index is 12.2. The molecule has 1 amide bonds. The second-order valence-electron chi connectivity index (χ2n) is 8.33. The average Bonchev–Trinajstić information content (AvgIpc) is 3.28. The number of hydrogen-bond acceptors (Lipinski definition) is 5. The van der Waals surface area contributed by atoms with Crippen molar-refractivity contribution in [3.63, 3.8) is 0 Å². The topological polar surface area (TPSA) is 76.4 Å². The molecule has 1 heterocycles. The molecule has 1 aromatic heterocycles. The number of aromatic nitrogens is 1. The highest BCUT2D eigenvalue weighted by atomic mass is 35.5. The van der Waals surface area contributed by atoms with Crippen molar-refractivity contribution in [2.24, 2.45) is 0 Å². The fourth-order valence-corrected chi connectivity index (χ4v) is 3.84. The molecular weight excluding hydrogens is 482 g/mol. The Labute approximate surface area is 214 Å². The zero-order valence-electron chi connectivity index (χ0n) is 19.7. The Hall–Kier alpha value is -3.42. The second-order valence-corrected chi connectivity index (χ2v) is 9.15. The van der Waals surface area contributed by atoms with Gasteiger partial charge < -0.3 is 14.5 Å². The van der Waals surface area contributed by atoms with Crippen LogP contribution < -0.4 is 15.4 Å². The minimum Gasteiger partial charge on any atom is -0.484 e. The third-order valence-electron chi connectivity index (χ3n) is 5.74. The summed E-state index contributed by atoms with van der Waals surface area (Å²) in [6.07, 6.45) is 1.07. The van der Waals surface area contributed by atoms with Crippen LogP contribution in [0.25, 0.3) is 22.6 Å². The highest BCUT2D eigenvalue weighted by Gasteiger charge is 2.12. The lowest BCUT2D eigenvalue weighted by molar-refractivity contribution is -0.121. The van der Waals surface area contributed by atoms with Crippen molar-refractivity contribution < 1.29 is 13.9 Å². The first kappa shape index (κ1) is 24.7. The molecule has 0 saturated heterocycles. The zero-order chi connectivity index (χ0) is 24.9. The Bertz CT molecular complexity index is 1370. The molecule has 0 fully saturated rings. The Kier molecular flexibility index (Phi) is 7.68. The number of benzene rings is 3. The monoisotopic (exact) mass is 507 g/mol. The summed E-state index contributed by atoms with van der Waals surface area (Å²) >= 11 is 11.3. The summed E-state index contributed by atoms with van der Waals surface area (Å²) in [7, 11) is 0. The van der Waals surface area contributed by atoms with E-state index in [9.17, 15) is 4.79 Å². The minimum absolute atomic E-state index is 0.168. The Morgan fingerprint density at radius 3 is 2.63 bits per heavy atom. The number of amides is 1. The summed E-state index contributed by atoms with van der Waals surface area (Å²) in [6.45, 7) is 6.08. The van der Waals surface area contributed by atoms with Gasteiger partial charge in [0.1, 0.15) is 11.3 Å². The van der Waals surface area contributed by atoms with Gasteiger partial charge in [-0.05, 0) is 97.2 Å². The van der Waals surface area contributed by atoms with Crippen LogP contribution in [0.15, 0.2) is 65.1 Å². The second kappa shape index (κ2) is 10.9. The summed E-state index contributed by atoms with van der Waals surface area (Å²) in [4.78, 5) is 16.8. The van der Waals surface area contributed by atoms with Crippen LogP contribution in [0, 0.1) is 6.92 Å². The van der Waals surface area contributed by atoms with Gasteiger partial charge in [-0.1, -0.05) is 31.5 Å². The average molecular weight is 508 g/mol. The van der Waals surface area contributed by atoms with E-state index in [1.54, 1.807) is 18.2 Å². The summed E-state index contributed by atoms with van der Waals surface area (Å²) < 4.78 is 11.4. The van der Waals surface area contributed by atoms with Crippen LogP contribution in [0.1, 0.15) is 37.3 Å². The molecule has 0 unspecified atom stereocenters. The van der Waals surface area contributed by atoms with Crippen molar-refractivity contribution in [3.05, 3.63) is 76.8 Å². The third kappa shape index (κ3) is 6.18. The van der Waals surface area contributed by atoms with Gasteiger partial charge in [0.15, 0.2) is 17.3 Å². The maximum absolute atomic E-state index is 12.2. The molecule has 0 spiro atoms. The lowest BCUT2D eigenvalue weighted by Crippen LogP contribution is -2.37. The van der Waals surface area contributed by atoms with Crippen molar-refractivity contribution in [2.45, 2.75) is 33.1 Å². The molecule has 4 rings (SSSR count). The summed E-state index contributed by atoms with van der Waals surface area (Å²) in [5, 5.41) is 6.42. The summed E-state index contributed by atoms with van der Waals surface area (Å²) in [5.74, 6) is 1.22. The Balaban J connectivity index is 1.33. The molecular formula is C27H26ClN3O3S. The molecule has 0 bridgehead atoms. The number of carbonyl (C=O) groups is 1. The smallest absolute Gasteiger partial charge is 0.264 e. The zero-order valence-corrected chi connectivity index (χ0v) is 21.3. The minimum atomic E-state index is -0.366. The van der Waals surface area contributed by atoms with E-state index in [1.807, 2.05) is 37.3 Å². The van der Waals surface area contributed by atoms with Crippen LogP contribution in [0.2, 0.25) is 5.02 Å². The van der Waals surface area contributed by atoms with Gasteiger partial charge in [0.25, 0.3) is 5.91 Å². The standard InChI is InChI=1S/C27H26ClN3O3S/c1-4-16(2)19-7-12-24-23(14-19)30-26(34-24)18-5-8-20(9-6-18)29-27(35)31-25(32)15-33-21-10-11-22(28)17(3)13-21/h5-14,16H,4,15H2,1-3H3,(H2,29,31,32,35)/t16-/m1/s1. The van der Waals surface area contributed by atoms with Crippen LogP contribution in [-0.2, 0) is 4.79 Å². The Morgan fingerprint density at radius 2 is 1.91 bits per heavy atom. The van der Waals surface area contributed by atoms with E-state index in [-0.39, 0.29) is 17.6 Å². The highest BCUT2D eigenvalue weighted by molar-refractivity contribution is 7.80. The van der Waals surface area contributed by atoms with Gasteiger partial charge in [-0.25, -0.2) is 4.98 Å². The number of nitrogens with one attached hydrogen (secondary N) is 2. The fourth-order valence-electron chi connectivity index (χ4n) is 3.49. The number of halogens is 1. The van der Waals surface area contributed by atoms with Gasteiger partial charge >= 0.3 is 0 Å². The van der Waals surface area contributed by atoms with Gasteiger partial charge in [0, 0.05) is 16.3 Å². The summed E-state index contributed by atoms with van der Waals surface area (Å²) in [5.41, 5.74) is 5.30. The maximum Gasteiger partial charge on any atom is 0.264 e. The van der Waals surface area contributed by atoms with Crippen molar-refractivity contribution >= 4 is 51.6 Å². The van der Waals surface area contributed by atoms with E-state index in [0.29, 0.717) is 22.6 Å². The summed E-state index contributed by atoms with van der Waals surface area (Å²) in [6, 6.07) is 18.8. The van der Waals surface area contributed by atoms with Crippen LogP contribution >= 0.6 is 23.8 Å². The molecule has 2 N–H and O–H groups in total. The number of carbonyl (C=O) groups excluding carboxylic acids is 1. The van der Waals surface area contributed by atoms with Gasteiger partial charge in [0.2, 0.25) is 5.89 Å². The van der Waals surface area contributed by atoms with Crippen molar-refractivity contribution in [3.8, 4) is 17.2 Å².